The number of benzene rings is 2. The maximum absolute atomic E-state index is 12.5. The molecule has 1 N–H and O–H groups in total. The second-order valence-corrected chi connectivity index (χ2v) is 7.72. The molecule has 0 fully saturated rings. The van der Waals surface area contributed by atoms with Gasteiger partial charge in [0.25, 0.3) is 0 Å². The van der Waals surface area contributed by atoms with Crippen molar-refractivity contribution in [3.8, 4) is 17.1 Å². The Morgan fingerprint density at radius 2 is 1.81 bits per heavy atom. The van der Waals surface area contributed by atoms with Crippen LogP contribution in [0.15, 0.2) is 76.5 Å². The van der Waals surface area contributed by atoms with E-state index in [4.69, 9.17) is 4.42 Å². The Morgan fingerprint density at radius 3 is 2.47 bits per heavy atom. The predicted octanol–water partition coefficient (Wildman–Crippen LogP) is 4.35. The van der Waals surface area contributed by atoms with Gasteiger partial charge in [0.15, 0.2) is 11.0 Å². The zero-order chi connectivity index (χ0) is 22.5. The van der Waals surface area contributed by atoms with Crippen molar-refractivity contribution in [3.05, 3.63) is 78.3 Å². The SMILES string of the molecule is COC(=O)c1ccc(NC(=O)CSc2nnc(-c3ccoc3C)n2-c2ccccc2)cc1. The third kappa shape index (κ3) is 4.57. The lowest BCUT2D eigenvalue weighted by molar-refractivity contribution is -0.113. The Kier molecular flexibility index (Phi) is 6.37. The summed E-state index contributed by atoms with van der Waals surface area (Å²) in [4.78, 5) is 24.0. The molecule has 2 aromatic carbocycles. The highest BCUT2D eigenvalue weighted by atomic mass is 32.2. The van der Waals surface area contributed by atoms with Gasteiger partial charge in [0, 0.05) is 11.4 Å². The first-order chi connectivity index (χ1) is 15.6. The second kappa shape index (κ2) is 9.52. The van der Waals surface area contributed by atoms with Gasteiger partial charge in [0.2, 0.25) is 5.91 Å². The molecule has 4 aromatic rings. The van der Waals surface area contributed by atoms with E-state index < -0.39 is 5.97 Å². The number of ether oxygens (including phenoxy) is 1. The van der Waals surface area contributed by atoms with E-state index >= 15 is 0 Å². The number of aryl methyl sites for hydroxylation is 1. The summed E-state index contributed by atoms with van der Waals surface area (Å²) in [5.74, 6) is 0.878. The Labute approximate surface area is 188 Å². The first-order valence-corrected chi connectivity index (χ1v) is 10.7. The van der Waals surface area contributed by atoms with Crippen LogP contribution in [0.1, 0.15) is 16.1 Å². The topological polar surface area (TPSA) is 99.2 Å². The number of nitrogens with zero attached hydrogens (tertiary/aromatic N) is 3. The van der Waals surface area contributed by atoms with Crippen LogP contribution in [0.2, 0.25) is 0 Å². The van der Waals surface area contributed by atoms with Gasteiger partial charge in [-0.2, -0.15) is 0 Å². The summed E-state index contributed by atoms with van der Waals surface area (Å²) in [5, 5.41) is 12.1. The lowest BCUT2D eigenvalue weighted by atomic mass is 10.2. The molecule has 0 saturated heterocycles. The largest absolute Gasteiger partial charge is 0.469 e. The minimum absolute atomic E-state index is 0.133. The maximum Gasteiger partial charge on any atom is 0.337 e. The van der Waals surface area contributed by atoms with E-state index in [-0.39, 0.29) is 11.7 Å². The fraction of sp³-hybridized carbons (Fsp3) is 0.130. The van der Waals surface area contributed by atoms with E-state index in [1.54, 1.807) is 30.5 Å². The van der Waals surface area contributed by atoms with Crippen LogP contribution in [0, 0.1) is 6.92 Å². The third-order valence-corrected chi connectivity index (χ3v) is 5.60. The maximum atomic E-state index is 12.5. The summed E-state index contributed by atoms with van der Waals surface area (Å²) in [7, 11) is 1.32. The standard InChI is InChI=1S/C23H20N4O4S/c1-15-19(12-13-31-15)21-25-26-23(27(21)18-6-4-3-5-7-18)32-14-20(28)24-17-10-8-16(9-11-17)22(29)30-2/h3-13H,14H2,1-2H3,(H,24,28). The van der Waals surface area contributed by atoms with Crippen molar-refractivity contribution in [2.45, 2.75) is 12.1 Å². The molecule has 32 heavy (non-hydrogen) atoms. The van der Waals surface area contributed by atoms with Gasteiger partial charge in [-0.3, -0.25) is 9.36 Å². The summed E-state index contributed by atoms with van der Waals surface area (Å²) in [6.45, 7) is 1.87. The molecule has 4 rings (SSSR count). The lowest BCUT2D eigenvalue weighted by Gasteiger charge is -2.10. The van der Waals surface area contributed by atoms with Crippen molar-refractivity contribution < 1.29 is 18.7 Å². The van der Waals surface area contributed by atoms with Gasteiger partial charge >= 0.3 is 5.97 Å². The van der Waals surface area contributed by atoms with E-state index in [2.05, 4.69) is 20.3 Å². The smallest absolute Gasteiger partial charge is 0.337 e. The van der Waals surface area contributed by atoms with E-state index in [9.17, 15) is 9.59 Å². The van der Waals surface area contributed by atoms with Crippen LogP contribution in [0.4, 0.5) is 5.69 Å². The summed E-state index contributed by atoms with van der Waals surface area (Å²) in [5.41, 5.74) is 2.72. The second-order valence-electron chi connectivity index (χ2n) is 6.77. The number of anilines is 1. The number of thioether (sulfide) groups is 1. The summed E-state index contributed by atoms with van der Waals surface area (Å²) in [6, 6.07) is 18.0. The summed E-state index contributed by atoms with van der Waals surface area (Å²) in [6.07, 6.45) is 1.61. The molecule has 0 saturated carbocycles. The summed E-state index contributed by atoms with van der Waals surface area (Å²) < 4.78 is 12.0. The zero-order valence-corrected chi connectivity index (χ0v) is 18.3. The number of rotatable bonds is 7. The molecule has 0 bridgehead atoms. The van der Waals surface area contributed by atoms with Crippen molar-refractivity contribution in [2.24, 2.45) is 0 Å². The Morgan fingerprint density at radius 1 is 1.06 bits per heavy atom. The highest BCUT2D eigenvalue weighted by Gasteiger charge is 2.19. The van der Waals surface area contributed by atoms with E-state index in [0.717, 1.165) is 17.0 Å². The average Bonchev–Trinajstić information content (AvgIpc) is 3.43. The van der Waals surface area contributed by atoms with Crippen LogP contribution in [0.5, 0.6) is 0 Å². The Bertz CT molecular complexity index is 1230. The average molecular weight is 449 g/mol. The van der Waals surface area contributed by atoms with Crippen molar-refractivity contribution in [1.29, 1.82) is 0 Å². The van der Waals surface area contributed by atoms with Gasteiger partial charge in [0.1, 0.15) is 5.76 Å². The Balaban J connectivity index is 1.51. The van der Waals surface area contributed by atoms with Gasteiger partial charge < -0.3 is 14.5 Å². The van der Waals surface area contributed by atoms with Crippen molar-refractivity contribution in [1.82, 2.24) is 14.8 Å². The number of aromatic nitrogens is 3. The van der Waals surface area contributed by atoms with E-state index in [1.807, 2.05) is 47.9 Å². The van der Waals surface area contributed by atoms with Gasteiger partial charge in [-0.15, -0.1) is 10.2 Å². The number of methoxy groups -OCH3 is 1. The normalized spacial score (nSPS) is 10.7. The number of amides is 1. The van der Waals surface area contributed by atoms with Gasteiger partial charge in [-0.1, -0.05) is 30.0 Å². The molecule has 0 radical (unpaired) electrons. The molecule has 0 atom stereocenters. The number of para-hydroxylation sites is 1. The molecule has 0 spiro atoms. The minimum atomic E-state index is -0.428. The van der Waals surface area contributed by atoms with Gasteiger partial charge in [-0.25, -0.2) is 4.79 Å². The summed E-state index contributed by atoms with van der Waals surface area (Å²) >= 11 is 1.28. The van der Waals surface area contributed by atoms with E-state index in [0.29, 0.717) is 22.2 Å². The molecular weight excluding hydrogens is 428 g/mol. The molecule has 2 heterocycles. The van der Waals surface area contributed by atoms with Gasteiger partial charge in [0.05, 0.1) is 30.3 Å². The molecule has 162 valence electrons. The fourth-order valence-electron chi connectivity index (χ4n) is 3.10. The van der Waals surface area contributed by atoms with Crippen LogP contribution < -0.4 is 5.32 Å². The van der Waals surface area contributed by atoms with Crippen molar-refractivity contribution in [2.75, 3.05) is 18.2 Å². The van der Waals surface area contributed by atoms with Crippen molar-refractivity contribution >= 4 is 29.3 Å². The number of carbonyl (C=O) groups excluding carboxylic acids is 2. The molecule has 2 aromatic heterocycles. The first-order valence-electron chi connectivity index (χ1n) is 9.73. The van der Waals surface area contributed by atoms with E-state index in [1.165, 1.54) is 18.9 Å². The van der Waals surface area contributed by atoms with Crippen LogP contribution in [-0.2, 0) is 9.53 Å². The molecule has 0 aliphatic heterocycles. The number of furan rings is 1. The van der Waals surface area contributed by atoms with Crippen LogP contribution in [0.25, 0.3) is 17.1 Å². The highest BCUT2D eigenvalue weighted by Crippen LogP contribution is 2.30. The molecule has 0 aliphatic rings. The molecule has 8 nitrogen and oxygen atoms in total. The molecule has 9 heteroatoms. The molecule has 0 aliphatic carbocycles. The predicted molar refractivity (Wildman–Crippen MR) is 121 cm³/mol. The van der Waals surface area contributed by atoms with Gasteiger partial charge in [-0.05, 0) is 49.4 Å². The number of hydrogen-bond donors (Lipinski definition) is 1. The highest BCUT2D eigenvalue weighted by molar-refractivity contribution is 7.99. The number of nitrogens with one attached hydrogen (secondary N) is 1. The third-order valence-electron chi connectivity index (χ3n) is 4.67. The van der Waals surface area contributed by atoms with Crippen molar-refractivity contribution in [3.63, 3.8) is 0 Å². The monoisotopic (exact) mass is 448 g/mol. The molecular formula is C23H20N4O4S. The number of carbonyl (C=O) groups is 2. The Hall–Kier alpha value is -3.85. The van der Waals surface area contributed by atoms with Crippen LogP contribution in [-0.4, -0.2) is 39.5 Å². The lowest BCUT2D eigenvalue weighted by Crippen LogP contribution is -2.14. The fourth-order valence-corrected chi connectivity index (χ4v) is 3.85. The van der Waals surface area contributed by atoms with Crippen LogP contribution >= 0.6 is 11.8 Å². The quantitative estimate of drug-likeness (QED) is 0.331. The molecule has 1 amide bonds. The molecule has 0 unspecified atom stereocenters. The zero-order valence-electron chi connectivity index (χ0n) is 17.4. The first kappa shape index (κ1) is 21.4. The van der Waals surface area contributed by atoms with Crippen LogP contribution in [0.3, 0.4) is 0 Å². The minimum Gasteiger partial charge on any atom is -0.469 e. The number of hydrogen-bond acceptors (Lipinski definition) is 7. The number of esters is 1.